The van der Waals surface area contributed by atoms with Crippen molar-refractivity contribution < 1.29 is 9.13 Å². The van der Waals surface area contributed by atoms with Crippen LogP contribution in [0, 0.1) is 11.2 Å². The fourth-order valence-corrected chi connectivity index (χ4v) is 5.79. The Hall–Kier alpha value is -3.53. The second kappa shape index (κ2) is 12.5. The Kier molecular flexibility index (Phi) is 8.87. The molecule has 0 unspecified atom stereocenters. The summed E-state index contributed by atoms with van der Waals surface area (Å²) in [6, 6.07) is 13.3. The second-order valence-corrected chi connectivity index (χ2v) is 11.5. The van der Waals surface area contributed by atoms with Crippen molar-refractivity contribution in [1.29, 1.82) is 5.41 Å². The lowest BCUT2D eigenvalue weighted by Crippen LogP contribution is -2.26. The first kappa shape index (κ1) is 29.0. The molecule has 0 bridgehead atoms. The summed E-state index contributed by atoms with van der Waals surface area (Å²) in [5.41, 5.74) is 15.0. The third kappa shape index (κ3) is 6.86. The Morgan fingerprint density at radius 2 is 2.07 bits per heavy atom. The third-order valence-corrected chi connectivity index (χ3v) is 8.03. The Labute approximate surface area is 243 Å². The minimum atomic E-state index is -0.517. The Morgan fingerprint density at radius 1 is 1.29 bits per heavy atom. The molecule has 3 atom stereocenters. The molecule has 5 rings (SSSR count). The molecule has 4 aromatic rings. The van der Waals surface area contributed by atoms with Crippen molar-refractivity contribution in [3.8, 4) is 16.9 Å². The average Bonchev–Trinajstić information content (AvgIpc) is 3.36. The summed E-state index contributed by atoms with van der Waals surface area (Å²) in [6.07, 6.45) is 7.37. The first-order chi connectivity index (χ1) is 19.7. The van der Waals surface area contributed by atoms with Gasteiger partial charge in [0, 0.05) is 36.2 Å². The Bertz CT molecular complexity index is 1600. The lowest BCUT2D eigenvalue weighted by Gasteiger charge is -2.30. The zero-order valence-electron chi connectivity index (χ0n) is 23.1. The van der Waals surface area contributed by atoms with E-state index in [2.05, 4.69) is 9.97 Å². The van der Waals surface area contributed by atoms with E-state index in [0.29, 0.717) is 46.9 Å². The van der Waals surface area contributed by atoms with Crippen LogP contribution in [0.25, 0.3) is 28.0 Å². The van der Waals surface area contributed by atoms with Crippen LogP contribution in [0.2, 0.25) is 5.02 Å². The summed E-state index contributed by atoms with van der Waals surface area (Å²) in [5.74, 6) is 0.00763. The van der Waals surface area contributed by atoms with E-state index in [9.17, 15) is 4.79 Å². The molecular weight excluding hydrogens is 543 g/mol. The predicted octanol–water partition coefficient (Wildman–Crippen LogP) is 5.82. The molecule has 0 saturated carbocycles. The summed E-state index contributed by atoms with van der Waals surface area (Å²) in [5, 5.41) is 8.20. The van der Waals surface area contributed by atoms with Crippen LogP contribution >= 0.6 is 11.6 Å². The van der Waals surface area contributed by atoms with E-state index >= 15 is 4.39 Å². The van der Waals surface area contributed by atoms with Crippen LogP contribution in [0.5, 0.6) is 0 Å². The molecular formula is C31H36ClFN6O2. The molecule has 0 spiro atoms. The molecule has 1 aliphatic rings. The number of fused-ring (bicyclic) bond motifs is 1. The molecule has 0 aliphatic carbocycles. The van der Waals surface area contributed by atoms with Crippen LogP contribution in [0.1, 0.15) is 62.5 Å². The average molecular weight is 579 g/mol. The maximum atomic E-state index is 15.1. The van der Waals surface area contributed by atoms with E-state index in [1.165, 1.54) is 10.1 Å². The van der Waals surface area contributed by atoms with Crippen molar-refractivity contribution in [3.63, 3.8) is 0 Å². The molecule has 41 heavy (non-hydrogen) atoms. The summed E-state index contributed by atoms with van der Waals surface area (Å²) >= 11 is 6.24. The van der Waals surface area contributed by atoms with Gasteiger partial charge in [0.2, 0.25) is 0 Å². The van der Waals surface area contributed by atoms with E-state index in [1.54, 1.807) is 24.4 Å². The smallest absolute Gasteiger partial charge is 0.354 e. The molecule has 2 aromatic carbocycles. The summed E-state index contributed by atoms with van der Waals surface area (Å²) < 4.78 is 22.4. The standard InChI is InChI=1S/C31H36ClFN6O2/c1-18(34)3-2-4-19-13-25(29(33)26(32)14-19)27-16-22-17-39(31(40)38-30(22)37-27)23-7-5-20(6-8-23)21-11-12-41-24(15-21)9-10-28(35)36/h5-8,13-14,16-18,21,24H,2-4,9-12,15,34H2,1H3,(H3,35,36)(H,37,38,40)/t18-,21-,24+/m0/s1. The maximum absolute atomic E-state index is 15.1. The van der Waals surface area contributed by atoms with E-state index in [0.717, 1.165) is 44.1 Å². The number of rotatable bonds is 10. The molecule has 2 aromatic heterocycles. The Morgan fingerprint density at radius 3 is 2.80 bits per heavy atom. The number of nitrogens with zero attached hydrogens (tertiary/aromatic N) is 2. The monoisotopic (exact) mass is 578 g/mol. The van der Waals surface area contributed by atoms with Crippen molar-refractivity contribution in [2.24, 2.45) is 11.5 Å². The number of halogens is 2. The van der Waals surface area contributed by atoms with Crippen LogP contribution in [0.3, 0.4) is 0 Å². The van der Waals surface area contributed by atoms with Crippen LogP contribution in [0.15, 0.2) is 53.5 Å². The number of benzene rings is 2. The van der Waals surface area contributed by atoms with Crippen LogP contribution < -0.4 is 17.2 Å². The molecule has 1 fully saturated rings. The van der Waals surface area contributed by atoms with Gasteiger partial charge in [-0.25, -0.2) is 9.18 Å². The van der Waals surface area contributed by atoms with Gasteiger partial charge in [0.25, 0.3) is 0 Å². The number of nitrogens with one attached hydrogen (secondary N) is 2. The minimum absolute atomic E-state index is 0.0549. The lowest BCUT2D eigenvalue weighted by atomic mass is 9.87. The first-order valence-corrected chi connectivity index (χ1v) is 14.5. The fourth-order valence-electron chi connectivity index (χ4n) is 5.55. The van der Waals surface area contributed by atoms with E-state index in [-0.39, 0.29) is 23.0 Å². The lowest BCUT2D eigenvalue weighted by molar-refractivity contribution is 0.00312. The normalized spacial score (nSPS) is 18.0. The van der Waals surface area contributed by atoms with Crippen molar-refractivity contribution in [2.75, 3.05) is 6.61 Å². The summed E-state index contributed by atoms with van der Waals surface area (Å²) in [4.78, 5) is 20.3. The van der Waals surface area contributed by atoms with Gasteiger partial charge in [-0.15, -0.1) is 0 Å². The number of aromatic nitrogens is 3. The molecule has 0 amide bonds. The quantitative estimate of drug-likeness (QED) is 0.139. The van der Waals surface area contributed by atoms with Gasteiger partial charge in [-0.3, -0.25) is 9.98 Å². The highest BCUT2D eigenvalue weighted by Gasteiger charge is 2.24. The summed E-state index contributed by atoms with van der Waals surface area (Å²) in [7, 11) is 0. The van der Waals surface area contributed by atoms with Crippen molar-refractivity contribution in [1.82, 2.24) is 14.5 Å². The van der Waals surface area contributed by atoms with E-state index in [1.807, 2.05) is 31.2 Å². The van der Waals surface area contributed by atoms with Crippen molar-refractivity contribution in [3.05, 3.63) is 81.1 Å². The number of aromatic amines is 1. The molecule has 216 valence electrons. The fraction of sp³-hybridized carbons (Fsp3) is 0.387. The largest absolute Gasteiger partial charge is 0.388 e. The van der Waals surface area contributed by atoms with Gasteiger partial charge >= 0.3 is 5.69 Å². The number of hydrogen-bond donors (Lipinski definition) is 4. The van der Waals surface area contributed by atoms with Crippen LogP contribution in [-0.4, -0.2) is 39.1 Å². The molecule has 0 radical (unpaired) electrons. The van der Waals surface area contributed by atoms with Gasteiger partial charge in [-0.1, -0.05) is 23.7 Å². The van der Waals surface area contributed by atoms with Gasteiger partial charge in [0.1, 0.15) is 5.65 Å². The molecule has 10 heteroatoms. The third-order valence-electron chi connectivity index (χ3n) is 7.76. The summed E-state index contributed by atoms with van der Waals surface area (Å²) in [6.45, 7) is 2.64. The maximum Gasteiger partial charge on any atom is 0.354 e. The number of nitrogens with two attached hydrogens (primary N) is 2. The number of ether oxygens (including phenoxy) is 1. The topological polar surface area (TPSA) is 136 Å². The minimum Gasteiger partial charge on any atom is -0.388 e. The zero-order chi connectivity index (χ0) is 29.1. The molecule has 1 saturated heterocycles. The molecule has 8 nitrogen and oxygen atoms in total. The molecule has 1 aliphatic heterocycles. The first-order valence-electron chi connectivity index (χ1n) is 14.1. The molecule has 6 N–H and O–H groups in total. The van der Waals surface area contributed by atoms with E-state index < -0.39 is 11.5 Å². The predicted molar refractivity (Wildman–Crippen MR) is 162 cm³/mol. The highest BCUT2D eigenvalue weighted by Crippen LogP contribution is 2.33. The number of H-pyrrole nitrogens is 1. The number of aryl methyl sites for hydroxylation is 1. The molecule has 3 heterocycles. The number of amidine groups is 1. The zero-order valence-corrected chi connectivity index (χ0v) is 23.9. The Balaban J connectivity index is 1.37. The van der Waals surface area contributed by atoms with Crippen molar-refractivity contribution >= 4 is 28.5 Å². The van der Waals surface area contributed by atoms with Gasteiger partial charge < -0.3 is 21.2 Å². The van der Waals surface area contributed by atoms with Gasteiger partial charge in [0.05, 0.1) is 28.3 Å². The highest BCUT2D eigenvalue weighted by molar-refractivity contribution is 6.31. The van der Waals surface area contributed by atoms with Gasteiger partial charge in [0.15, 0.2) is 5.82 Å². The van der Waals surface area contributed by atoms with Crippen molar-refractivity contribution in [2.45, 2.75) is 69.9 Å². The second-order valence-electron chi connectivity index (χ2n) is 11.1. The van der Waals surface area contributed by atoms with Crippen LogP contribution in [-0.2, 0) is 11.2 Å². The SMILES string of the molecule is C[C@H](N)CCCc1cc(Cl)c(F)c(-c2cc3cn(-c4ccc([C@H]5CCO[C@H](CCC(=N)N)C5)cc4)c(=O)nc3[nH]2)c1. The van der Waals surface area contributed by atoms with E-state index in [4.69, 9.17) is 33.2 Å². The highest BCUT2D eigenvalue weighted by atomic mass is 35.5. The van der Waals surface area contributed by atoms with Crippen LogP contribution in [0.4, 0.5) is 4.39 Å². The van der Waals surface area contributed by atoms with Gasteiger partial charge in [-0.05, 0) is 92.8 Å². The number of hydrogen-bond acceptors (Lipinski definition) is 5. The van der Waals surface area contributed by atoms with Gasteiger partial charge in [-0.2, -0.15) is 4.98 Å².